The Labute approximate surface area is 117 Å². The predicted octanol–water partition coefficient (Wildman–Crippen LogP) is 2.62. The number of nitrogens with one attached hydrogen (secondary N) is 1. The van der Waals surface area contributed by atoms with Gasteiger partial charge in [-0.15, -0.1) is 0 Å². The summed E-state index contributed by atoms with van der Waals surface area (Å²) in [5, 5.41) is 12.3. The van der Waals surface area contributed by atoms with Crippen molar-refractivity contribution in [1.82, 2.24) is 5.32 Å². The van der Waals surface area contributed by atoms with Crippen molar-refractivity contribution in [3.63, 3.8) is 0 Å². The Balaban J connectivity index is 1.58. The lowest BCUT2D eigenvalue weighted by Crippen LogP contribution is -2.33. The van der Waals surface area contributed by atoms with Crippen molar-refractivity contribution in [2.75, 3.05) is 0 Å². The SMILES string of the molecule is O=C(O)c1ccc(CNC2CCc3ccccc3C2)o1. The maximum atomic E-state index is 10.7. The van der Waals surface area contributed by atoms with Crippen LogP contribution in [0.15, 0.2) is 40.8 Å². The van der Waals surface area contributed by atoms with Crippen molar-refractivity contribution in [3.05, 3.63) is 59.0 Å². The van der Waals surface area contributed by atoms with Gasteiger partial charge in [0.1, 0.15) is 5.76 Å². The van der Waals surface area contributed by atoms with Gasteiger partial charge in [-0.3, -0.25) is 0 Å². The maximum Gasteiger partial charge on any atom is 0.371 e. The number of aromatic carboxylic acids is 1. The number of furan rings is 1. The minimum absolute atomic E-state index is 0.00390. The molecule has 1 aromatic heterocycles. The zero-order valence-corrected chi connectivity index (χ0v) is 11.1. The standard InChI is InChI=1S/C16H17NO3/c18-16(19)15-8-7-14(20-15)10-17-13-6-5-11-3-1-2-4-12(11)9-13/h1-4,7-8,13,17H,5-6,9-10H2,(H,18,19). The average Bonchev–Trinajstić information content (AvgIpc) is 2.94. The molecule has 20 heavy (non-hydrogen) atoms. The second kappa shape index (κ2) is 5.51. The van der Waals surface area contributed by atoms with E-state index in [1.165, 1.54) is 17.2 Å². The van der Waals surface area contributed by atoms with Crippen LogP contribution in [-0.4, -0.2) is 17.1 Å². The molecule has 0 fully saturated rings. The predicted molar refractivity (Wildman–Crippen MR) is 74.8 cm³/mol. The molecular formula is C16H17NO3. The number of carbonyl (C=O) groups is 1. The van der Waals surface area contributed by atoms with E-state index in [-0.39, 0.29) is 5.76 Å². The molecule has 0 saturated carbocycles. The third kappa shape index (κ3) is 2.75. The molecule has 0 spiro atoms. The number of carboxylic acid groups (broad SMARTS) is 1. The summed E-state index contributed by atoms with van der Waals surface area (Å²) < 4.78 is 5.24. The van der Waals surface area contributed by atoms with Gasteiger partial charge in [0.2, 0.25) is 5.76 Å². The molecule has 3 rings (SSSR count). The Kier molecular flexibility index (Phi) is 3.56. The Hall–Kier alpha value is -2.07. The number of benzene rings is 1. The van der Waals surface area contributed by atoms with Crippen LogP contribution in [0.3, 0.4) is 0 Å². The first-order valence-electron chi connectivity index (χ1n) is 6.84. The van der Waals surface area contributed by atoms with Gasteiger partial charge in [-0.25, -0.2) is 4.79 Å². The second-order valence-corrected chi connectivity index (χ2v) is 5.16. The summed E-state index contributed by atoms with van der Waals surface area (Å²) in [6.45, 7) is 0.570. The summed E-state index contributed by atoms with van der Waals surface area (Å²) >= 11 is 0. The van der Waals surface area contributed by atoms with Crippen LogP contribution >= 0.6 is 0 Å². The fourth-order valence-corrected chi connectivity index (χ4v) is 2.70. The Morgan fingerprint density at radius 2 is 2.05 bits per heavy atom. The number of hydrogen-bond donors (Lipinski definition) is 2. The van der Waals surface area contributed by atoms with E-state index in [1.807, 2.05) is 0 Å². The van der Waals surface area contributed by atoms with Crippen molar-refractivity contribution in [1.29, 1.82) is 0 Å². The number of fused-ring (bicyclic) bond motifs is 1. The van der Waals surface area contributed by atoms with Crippen molar-refractivity contribution in [2.45, 2.75) is 31.8 Å². The number of hydrogen-bond acceptors (Lipinski definition) is 3. The van der Waals surface area contributed by atoms with Gasteiger partial charge in [-0.05, 0) is 42.5 Å². The fourth-order valence-electron chi connectivity index (χ4n) is 2.70. The molecule has 0 aliphatic heterocycles. The van der Waals surface area contributed by atoms with E-state index >= 15 is 0 Å². The maximum absolute atomic E-state index is 10.7. The summed E-state index contributed by atoms with van der Waals surface area (Å²) in [7, 11) is 0. The molecule has 1 heterocycles. The highest BCUT2D eigenvalue weighted by molar-refractivity contribution is 5.84. The Morgan fingerprint density at radius 1 is 1.25 bits per heavy atom. The monoisotopic (exact) mass is 271 g/mol. The highest BCUT2D eigenvalue weighted by Crippen LogP contribution is 2.21. The van der Waals surface area contributed by atoms with E-state index < -0.39 is 5.97 Å². The molecule has 1 atom stereocenters. The van der Waals surface area contributed by atoms with E-state index in [4.69, 9.17) is 9.52 Å². The van der Waals surface area contributed by atoms with Crippen LogP contribution < -0.4 is 5.32 Å². The molecule has 0 saturated heterocycles. The normalized spacial score (nSPS) is 17.7. The quantitative estimate of drug-likeness (QED) is 0.897. The van der Waals surface area contributed by atoms with Crippen molar-refractivity contribution < 1.29 is 14.3 Å². The minimum Gasteiger partial charge on any atom is -0.475 e. The van der Waals surface area contributed by atoms with Crippen LogP contribution in [0.5, 0.6) is 0 Å². The van der Waals surface area contributed by atoms with E-state index in [0.29, 0.717) is 18.3 Å². The largest absolute Gasteiger partial charge is 0.475 e. The Bertz CT molecular complexity index is 618. The fraction of sp³-hybridized carbons (Fsp3) is 0.312. The van der Waals surface area contributed by atoms with Crippen LogP contribution in [0.1, 0.15) is 33.9 Å². The number of aryl methyl sites for hydroxylation is 1. The van der Waals surface area contributed by atoms with Gasteiger partial charge in [0.15, 0.2) is 0 Å². The first-order valence-corrected chi connectivity index (χ1v) is 6.84. The molecule has 2 aromatic rings. The number of carboxylic acids is 1. The first kappa shape index (κ1) is 12.9. The van der Waals surface area contributed by atoms with Crippen LogP contribution in [0.25, 0.3) is 0 Å². The molecule has 104 valence electrons. The van der Waals surface area contributed by atoms with Crippen LogP contribution in [-0.2, 0) is 19.4 Å². The van der Waals surface area contributed by atoms with Gasteiger partial charge in [0.25, 0.3) is 0 Å². The van der Waals surface area contributed by atoms with E-state index in [9.17, 15) is 4.79 Å². The molecule has 0 radical (unpaired) electrons. The minimum atomic E-state index is -1.03. The Morgan fingerprint density at radius 3 is 2.80 bits per heavy atom. The molecule has 1 aliphatic carbocycles. The van der Waals surface area contributed by atoms with Crippen molar-refractivity contribution >= 4 is 5.97 Å². The van der Waals surface area contributed by atoms with Crippen LogP contribution in [0.4, 0.5) is 0 Å². The van der Waals surface area contributed by atoms with Gasteiger partial charge in [-0.1, -0.05) is 24.3 Å². The van der Waals surface area contributed by atoms with Gasteiger partial charge in [-0.2, -0.15) is 0 Å². The van der Waals surface area contributed by atoms with E-state index in [1.54, 1.807) is 6.07 Å². The molecule has 0 bridgehead atoms. The van der Waals surface area contributed by atoms with Crippen LogP contribution in [0.2, 0.25) is 0 Å². The summed E-state index contributed by atoms with van der Waals surface area (Å²) in [6.07, 6.45) is 3.21. The van der Waals surface area contributed by atoms with Gasteiger partial charge in [0.05, 0.1) is 6.54 Å². The van der Waals surface area contributed by atoms with Gasteiger partial charge >= 0.3 is 5.97 Å². The average molecular weight is 271 g/mol. The van der Waals surface area contributed by atoms with E-state index in [2.05, 4.69) is 29.6 Å². The lowest BCUT2D eigenvalue weighted by molar-refractivity contribution is 0.0660. The highest BCUT2D eigenvalue weighted by Gasteiger charge is 2.18. The zero-order chi connectivity index (χ0) is 13.9. The van der Waals surface area contributed by atoms with Gasteiger partial charge in [0, 0.05) is 6.04 Å². The summed E-state index contributed by atoms with van der Waals surface area (Å²) in [5.74, 6) is -0.361. The third-order valence-electron chi connectivity index (χ3n) is 3.78. The first-order chi connectivity index (χ1) is 9.72. The van der Waals surface area contributed by atoms with Gasteiger partial charge < -0.3 is 14.8 Å². The summed E-state index contributed by atoms with van der Waals surface area (Å²) in [6, 6.07) is 12.2. The highest BCUT2D eigenvalue weighted by atomic mass is 16.4. The molecule has 4 nitrogen and oxygen atoms in total. The van der Waals surface area contributed by atoms with Crippen molar-refractivity contribution in [2.24, 2.45) is 0 Å². The smallest absolute Gasteiger partial charge is 0.371 e. The van der Waals surface area contributed by atoms with Crippen molar-refractivity contribution in [3.8, 4) is 0 Å². The molecule has 1 aromatic carbocycles. The summed E-state index contributed by atoms with van der Waals surface area (Å²) in [5.41, 5.74) is 2.85. The molecule has 4 heteroatoms. The summed E-state index contributed by atoms with van der Waals surface area (Å²) in [4.78, 5) is 10.7. The molecule has 1 aliphatic rings. The van der Waals surface area contributed by atoms with E-state index in [0.717, 1.165) is 19.3 Å². The zero-order valence-electron chi connectivity index (χ0n) is 11.1. The molecule has 1 unspecified atom stereocenters. The topological polar surface area (TPSA) is 62.5 Å². The van der Waals surface area contributed by atoms with Crippen LogP contribution in [0, 0.1) is 0 Å². The third-order valence-corrected chi connectivity index (χ3v) is 3.78. The molecular weight excluding hydrogens is 254 g/mol. The number of rotatable bonds is 4. The molecule has 0 amide bonds. The molecule has 2 N–H and O–H groups in total. The lowest BCUT2D eigenvalue weighted by Gasteiger charge is -2.25. The lowest BCUT2D eigenvalue weighted by atomic mass is 9.88. The second-order valence-electron chi connectivity index (χ2n) is 5.16.